The molecule has 3 nitrogen and oxygen atoms in total. The van der Waals surface area contributed by atoms with Crippen molar-refractivity contribution in [3.8, 4) is 56.4 Å². The van der Waals surface area contributed by atoms with Crippen LogP contribution in [0.1, 0.15) is 11.1 Å². The molecule has 0 N–H and O–H groups in total. The van der Waals surface area contributed by atoms with Crippen molar-refractivity contribution in [1.29, 1.82) is 0 Å². The summed E-state index contributed by atoms with van der Waals surface area (Å²) in [7, 11) is 0. The average molecular weight is 630 g/mol. The van der Waals surface area contributed by atoms with Gasteiger partial charge in [0, 0.05) is 36.9 Å². The summed E-state index contributed by atoms with van der Waals surface area (Å²) in [6.45, 7) is 0. The van der Waals surface area contributed by atoms with Gasteiger partial charge in [0.2, 0.25) is 0 Å². The Morgan fingerprint density at radius 1 is 0.375 bits per heavy atom. The molecule has 10 rings (SSSR count). The lowest BCUT2D eigenvalue weighted by Gasteiger charge is -2.10. The van der Waals surface area contributed by atoms with E-state index in [1.165, 1.54) is 58.8 Å². The third-order valence-corrected chi connectivity index (χ3v) is 10.7. The molecule has 0 saturated carbocycles. The van der Waals surface area contributed by atoms with Gasteiger partial charge in [-0.05, 0) is 74.8 Å². The quantitative estimate of drug-likeness (QED) is 0.194. The normalized spacial score (nSPS) is 12.1. The second-order valence-corrected chi connectivity index (χ2v) is 13.5. The van der Waals surface area contributed by atoms with Crippen LogP contribution < -0.4 is 0 Å². The summed E-state index contributed by atoms with van der Waals surface area (Å²) in [5.74, 6) is 2.03. The molecule has 2 heterocycles. The molecule has 4 heteroatoms. The molecule has 0 radical (unpaired) electrons. The van der Waals surface area contributed by atoms with Crippen molar-refractivity contribution < 1.29 is 0 Å². The molecular weight excluding hydrogens is 603 g/mol. The molecular formula is C44H27N3S. The fourth-order valence-electron chi connectivity index (χ4n) is 7.09. The summed E-state index contributed by atoms with van der Waals surface area (Å²) >= 11 is 1.81. The van der Waals surface area contributed by atoms with E-state index in [0.717, 1.165) is 28.7 Å². The highest BCUT2D eigenvalue weighted by Crippen LogP contribution is 2.39. The van der Waals surface area contributed by atoms with E-state index < -0.39 is 0 Å². The Bertz CT molecular complexity index is 2710. The zero-order valence-electron chi connectivity index (χ0n) is 25.9. The molecule has 1 aliphatic carbocycles. The maximum atomic E-state index is 5.11. The monoisotopic (exact) mass is 629 g/mol. The van der Waals surface area contributed by atoms with Crippen molar-refractivity contribution in [3.63, 3.8) is 0 Å². The van der Waals surface area contributed by atoms with Gasteiger partial charge in [-0.1, -0.05) is 127 Å². The van der Waals surface area contributed by atoms with Gasteiger partial charge >= 0.3 is 0 Å². The first-order chi connectivity index (χ1) is 23.7. The topological polar surface area (TPSA) is 38.7 Å². The Morgan fingerprint density at radius 3 is 1.85 bits per heavy atom. The first-order valence-electron chi connectivity index (χ1n) is 16.2. The molecule has 9 aromatic rings. The lowest BCUT2D eigenvalue weighted by molar-refractivity contribution is 1.07. The minimum absolute atomic E-state index is 0.667. The van der Waals surface area contributed by atoms with Crippen molar-refractivity contribution in [1.82, 2.24) is 15.0 Å². The Kier molecular flexibility index (Phi) is 6.11. The van der Waals surface area contributed by atoms with Crippen LogP contribution in [0.5, 0.6) is 0 Å². The third-order valence-electron chi connectivity index (χ3n) is 9.55. The standard InChI is InChI=1S/C44H27N3S/c1-2-8-30-23-31(18-15-27(30)7-1)28-13-16-29(17-14-28)42-45-43(33-19-21-37-35(25-33)24-32-9-3-4-10-36(32)37)47-44(46-42)34-20-22-39-38-11-5-6-12-40(38)48-41(39)26-34/h1-23,25-26H,24H2. The van der Waals surface area contributed by atoms with Crippen LogP contribution >= 0.6 is 11.3 Å². The highest BCUT2D eigenvalue weighted by Gasteiger charge is 2.20. The Hall–Kier alpha value is -5.97. The van der Waals surface area contributed by atoms with E-state index in [0.29, 0.717) is 17.5 Å². The van der Waals surface area contributed by atoms with Gasteiger partial charge in [0.1, 0.15) is 0 Å². The molecule has 0 fully saturated rings. The summed E-state index contributed by atoms with van der Waals surface area (Å²) in [5, 5.41) is 5.02. The van der Waals surface area contributed by atoms with Crippen molar-refractivity contribution in [3.05, 3.63) is 163 Å². The van der Waals surface area contributed by atoms with Crippen LogP contribution in [0, 0.1) is 0 Å². The molecule has 0 atom stereocenters. The predicted molar refractivity (Wildman–Crippen MR) is 200 cm³/mol. The molecule has 224 valence electrons. The maximum Gasteiger partial charge on any atom is 0.164 e. The van der Waals surface area contributed by atoms with Gasteiger partial charge in [-0.3, -0.25) is 0 Å². The number of benzene rings is 7. The molecule has 0 spiro atoms. The minimum Gasteiger partial charge on any atom is -0.208 e. The number of nitrogens with zero attached hydrogens (tertiary/aromatic N) is 3. The van der Waals surface area contributed by atoms with Crippen LogP contribution in [0.15, 0.2) is 152 Å². The molecule has 0 bridgehead atoms. The van der Waals surface area contributed by atoms with E-state index >= 15 is 0 Å². The summed E-state index contributed by atoms with van der Waals surface area (Å²) in [4.78, 5) is 15.3. The van der Waals surface area contributed by atoms with E-state index in [2.05, 4.69) is 152 Å². The minimum atomic E-state index is 0.667. The Balaban J connectivity index is 1.09. The van der Waals surface area contributed by atoms with Gasteiger partial charge in [-0.15, -0.1) is 11.3 Å². The second-order valence-electron chi connectivity index (χ2n) is 12.5. The molecule has 0 amide bonds. The highest BCUT2D eigenvalue weighted by atomic mass is 32.1. The van der Waals surface area contributed by atoms with Gasteiger partial charge in [0.25, 0.3) is 0 Å². The lowest BCUT2D eigenvalue weighted by atomic mass is 10.00. The molecule has 48 heavy (non-hydrogen) atoms. The zero-order chi connectivity index (χ0) is 31.6. The van der Waals surface area contributed by atoms with Crippen LogP contribution in [-0.2, 0) is 6.42 Å². The number of hydrogen-bond donors (Lipinski definition) is 0. The van der Waals surface area contributed by atoms with Crippen molar-refractivity contribution in [2.45, 2.75) is 6.42 Å². The van der Waals surface area contributed by atoms with Gasteiger partial charge in [-0.25, -0.2) is 15.0 Å². The van der Waals surface area contributed by atoms with Crippen LogP contribution in [0.25, 0.3) is 87.4 Å². The number of rotatable bonds is 4. The molecule has 7 aromatic carbocycles. The van der Waals surface area contributed by atoms with Crippen LogP contribution in [0.3, 0.4) is 0 Å². The Labute approximate surface area is 281 Å². The highest BCUT2D eigenvalue weighted by molar-refractivity contribution is 7.25. The summed E-state index contributed by atoms with van der Waals surface area (Å²) < 4.78 is 2.51. The van der Waals surface area contributed by atoms with Crippen LogP contribution in [-0.4, -0.2) is 15.0 Å². The van der Waals surface area contributed by atoms with E-state index in [-0.39, 0.29) is 0 Å². The molecule has 0 saturated heterocycles. The smallest absolute Gasteiger partial charge is 0.164 e. The average Bonchev–Trinajstić information content (AvgIpc) is 3.72. The fraction of sp³-hybridized carbons (Fsp3) is 0.0227. The SMILES string of the molecule is c1ccc2c(c1)Cc1cc(-c3nc(-c4ccc(-c5ccc6ccccc6c5)cc4)nc(-c4ccc5c(c4)sc4ccccc45)n3)ccc1-2. The maximum absolute atomic E-state index is 5.11. The van der Waals surface area contributed by atoms with E-state index in [1.807, 2.05) is 11.3 Å². The van der Waals surface area contributed by atoms with Crippen molar-refractivity contribution >= 4 is 42.3 Å². The van der Waals surface area contributed by atoms with E-state index in [4.69, 9.17) is 15.0 Å². The van der Waals surface area contributed by atoms with Crippen LogP contribution in [0.2, 0.25) is 0 Å². The van der Waals surface area contributed by atoms with Crippen molar-refractivity contribution in [2.24, 2.45) is 0 Å². The number of fused-ring (bicyclic) bond motifs is 7. The summed E-state index contributed by atoms with van der Waals surface area (Å²) in [5.41, 5.74) is 10.6. The van der Waals surface area contributed by atoms with Gasteiger partial charge in [-0.2, -0.15) is 0 Å². The number of hydrogen-bond acceptors (Lipinski definition) is 4. The first-order valence-corrected chi connectivity index (χ1v) is 17.0. The molecule has 1 aliphatic rings. The Morgan fingerprint density at radius 2 is 0.979 bits per heavy atom. The van der Waals surface area contributed by atoms with Crippen LogP contribution in [0.4, 0.5) is 0 Å². The largest absolute Gasteiger partial charge is 0.208 e. The molecule has 0 unspecified atom stereocenters. The first kappa shape index (κ1) is 27.2. The van der Waals surface area contributed by atoms with Crippen molar-refractivity contribution in [2.75, 3.05) is 0 Å². The van der Waals surface area contributed by atoms with E-state index in [1.54, 1.807) is 0 Å². The fourth-order valence-corrected chi connectivity index (χ4v) is 8.24. The number of thiophene rings is 1. The van der Waals surface area contributed by atoms with E-state index in [9.17, 15) is 0 Å². The second kappa shape index (κ2) is 10.8. The number of aromatic nitrogens is 3. The van der Waals surface area contributed by atoms with Gasteiger partial charge in [0.15, 0.2) is 17.5 Å². The molecule has 2 aromatic heterocycles. The predicted octanol–water partition coefficient (Wildman–Crippen LogP) is 11.6. The van der Waals surface area contributed by atoms with Gasteiger partial charge in [0.05, 0.1) is 0 Å². The third kappa shape index (κ3) is 4.53. The van der Waals surface area contributed by atoms with Gasteiger partial charge < -0.3 is 0 Å². The zero-order valence-corrected chi connectivity index (χ0v) is 26.7. The summed E-state index contributed by atoms with van der Waals surface area (Å²) in [6, 6.07) is 54.2. The lowest BCUT2D eigenvalue weighted by Crippen LogP contribution is -2.00. The molecule has 0 aliphatic heterocycles. The summed E-state index contributed by atoms with van der Waals surface area (Å²) in [6.07, 6.45) is 0.920.